The first-order valence-electron chi connectivity index (χ1n) is 4.88. The van der Waals surface area contributed by atoms with Crippen molar-refractivity contribution in [3.05, 3.63) is 56.9 Å². The second-order valence-corrected chi connectivity index (χ2v) is 4.37. The number of halogens is 1. The zero-order chi connectivity index (χ0) is 11.5. The first kappa shape index (κ1) is 11.1. The Labute approximate surface area is 101 Å². The van der Waals surface area contributed by atoms with E-state index < -0.39 is 0 Å². The van der Waals surface area contributed by atoms with Crippen LogP contribution < -0.4 is 11.3 Å². The van der Waals surface area contributed by atoms with Gasteiger partial charge in [0.05, 0.1) is 0 Å². The molecule has 0 aliphatic rings. The highest BCUT2D eigenvalue weighted by Crippen LogP contribution is 2.20. The van der Waals surface area contributed by atoms with Gasteiger partial charge in [-0.05, 0) is 29.3 Å². The van der Waals surface area contributed by atoms with Crippen molar-refractivity contribution in [3.8, 4) is 11.1 Å². The van der Waals surface area contributed by atoms with Gasteiger partial charge < -0.3 is 10.7 Å². The van der Waals surface area contributed by atoms with Crippen LogP contribution in [0.2, 0.25) is 0 Å². The molecule has 2 aromatic rings. The van der Waals surface area contributed by atoms with Crippen molar-refractivity contribution < 1.29 is 0 Å². The number of aromatic amines is 1. The van der Waals surface area contributed by atoms with Crippen LogP contribution in [0.1, 0.15) is 5.56 Å². The molecule has 2 rings (SSSR count). The van der Waals surface area contributed by atoms with Crippen molar-refractivity contribution in [2.75, 3.05) is 0 Å². The van der Waals surface area contributed by atoms with Gasteiger partial charge in [0.2, 0.25) is 0 Å². The molecule has 82 valence electrons. The lowest BCUT2D eigenvalue weighted by Crippen LogP contribution is -2.15. The molecule has 0 aliphatic carbocycles. The van der Waals surface area contributed by atoms with Crippen molar-refractivity contribution in [2.24, 2.45) is 5.73 Å². The predicted octanol–water partition coefficient (Wildman–Crippen LogP) is 2.26. The van der Waals surface area contributed by atoms with Crippen LogP contribution in [0, 0.1) is 0 Å². The summed E-state index contributed by atoms with van der Waals surface area (Å²) >= 11 is 3.38. The zero-order valence-electron chi connectivity index (χ0n) is 8.53. The Morgan fingerprint density at radius 2 is 1.88 bits per heavy atom. The zero-order valence-corrected chi connectivity index (χ0v) is 10.1. The van der Waals surface area contributed by atoms with Gasteiger partial charge in [0.25, 0.3) is 5.56 Å². The monoisotopic (exact) mass is 278 g/mol. The number of nitrogens with one attached hydrogen (secondary N) is 1. The van der Waals surface area contributed by atoms with E-state index in [9.17, 15) is 4.79 Å². The normalized spacial score (nSPS) is 10.4. The van der Waals surface area contributed by atoms with Crippen LogP contribution in [0.5, 0.6) is 0 Å². The Kier molecular flexibility index (Phi) is 3.22. The molecule has 0 fully saturated rings. The summed E-state index contributed by atoms with van der Waals surface area (Å²) in [6.07, 6.45) is 1.70. The van der Waals surface area contributed by atoms with Gasteiger partial charge in [-0.15, -0.1) is 0 Å². The Balaban J connectivity index is 2.48. The van der Waals surface area contributed by atoms with Crippen LogP contribution in [0.4, 0.5) is 0 Å². The maximum absolute atomic E-state index is 11.3. The number of hydrogen-bond donors (Lipinski definition) is 2. The molecule has 3 N–H and O–H groups in total. The molecular weight excluding hydrogens is 268 g/mol. The topological polar surface area (TPSA) is 58.9 Å². The smallest absolute Gasteiger partial charge is 0.252 e. The number of hydrogen-bond acceptors (Lipinski definition) is 2. The van der Waals surface area contributed by atoms with E-state index in [0.29, 0.717) is 5.56 Å². The fraction of sp³-hybridized carbons (Fsp3) is 0.0833. The van der Waals surface area contributed by atoms with E-state index in [4.69, 9.17) is 5.73 Å². The third kappa shape index (κ3) is 2.23. The van der Waals surface area contributed by atoms with E-state index in [1.807, 2.05) is 30.3 Å². The average molecular weight is 279 g/mol. The van der Waals surface area contributed by atoms with Gasteiger partial charge in [-0.25, -0.2) is 0 Å². The molecule has 0 spiro atoms. The molecule has 1 aromatic carbocycles. The fourth-order valence-corrected chi connectivity index (χ4v) is 1.76. The lowest BCUT2D eigenvalue weighted by atomic mass is 10.1. The summed E-state index contributed by atoms with van der Waals surface area (Å²) in [6, 6.07) is 9.71. The molecule has 1 aromatic heterocycles. The quantitative estimate of drug-likeness (QED) is 0.885. The number of pyridine rings is 1. The summed E-state index contributed by atoms with van der Waals surface area (Å²) in [7, 11) is 0. The lowest BCUT2D eigenvalue weighted by molar-refractivity contribution is 1.02. The van der Waals surface area contributed by atoms with Crippen LogP contribution in [0.15, 0.2) is 45.8 Å². The van der Waals surface area contributed by atoms with Crippen molar-refractivity contribution in [1.82, 2.24) is 4.98 Å². The van der Waals surface area contributed by atoms with E-state index >= 15 is 0 Å². The van der Waals surface area contributed by atoms with E-state index in [1.54, 1.807) is 6.20 Å². The van der Waals surface area contributed by atoms with Gasteiger partial charge in [0.1, 0.15) is 0 Å². The SMILES string of the molecule is NCc1cc(-c2ccc(Br)cc2)c[nH]c1=O. The minimum absolute atomic E-state index is 0.122. The molecule has 0 radical (unpaired) electrons. The first-order valence-corrected chi connectivity index (χ1v) is 5.67. The number of rotatable bonds is 2. The van der Waals surface area contributed by atoms with E-state index in [1.165, 1.54) is 0 Å². The van der Waals surface area contributed by atoms with E-state index in [2.05, 4.69) is 20.9 Å². The molecule has 0 aliphatic heterocycles. The summed E-state index contributed by atoms with van der Waals surface area (Å²) in [5.74, 6) is 0. The van der Waals surface area contributed by atoms with Crippen LogP contribution >= 0.6 is 15.9 Å². The summed E-state index contributed by atoms with van der Waals surface area (Å²) in [5, 5.41) is 0. The van der Waals surface area contributed by atoms with Crippen LogP contribution in [-0.2, 0) is 6.54 Å². The molecule has 0 saturated heterocycles. The molecule has 0 saturated carbocycles. The Hall–Kier alpha value is -1.39. The second kappa shape index (κ2) is 4.63. The molecule has 0 amide bonds. The maximum atomic E-state index is 11.3. The molecule has 1 heterocycles. The van der Waals surface area contributed by atoms with Gasteiger partial charge in [-0.3, -0.25) is 4.79 Å². The Morgan fingerprint density at radius 3 is 2.50 bits per heavy atom. The number of nitrogens with two attached hydrogens (primary N) is 1. The molecule has 16 heavy (non-hydrogen) atoms. The molecule has 0 unspecified atom stereocenters. The van der Waals surface area contributed by atoms with Gasteiger partial charge >= 0.3 is 0 Å². The summed E-state index contributed by atoms with van der Waals surface area (Å²) in [4.78, 5) is 14.0. The largest absolute Gasteiger partial charge is 0.328 e. The Morgan fingerprint density at radius 1 is 1.19 bits per heavy atom. The summed E-state index contributed by atoms with van der Waals surface area (Å²) in [5.41, 5.74) is 7.99. The Bertz CT molecular complexity index is 546. The molecule has 0 atom stereocenters. The maximum Gasteiger partial charge on any atom is 0.252 e. The highest BCUT2D eigenvalue weighted by atomic mass is 79.9. The third-order valence-electron chi connectivity index (χ3n) is 2.38. The van der Waals surface area contributed by atoms with Crippen LogP contribution in [0.25, 0.3) is 11.1 Å². The second-order valence-electron chi connectivity index (χ2n) is 3.45. The minimum atomic E-state index is -0.122. The lowest BCUT2D eigenvalue weighted by Gasteiger charge is -2.03. The summed E-state index contributed by atoms with van der Waals surface area (Å²) < 4.78 is 1.03. The van der Waals surface area contributed by atoms with E-state index in [0.717, 1.165) is 15.6 Å². The van der Waals surface area contributed by atoms with Gasteiger partial charge in [-0.1, -0.05) is 28.1 Å². The third-order valence-corrected chi connectivity index (χ3v) is 2.91. The van der Waals surface area contributed by atoms with Gasteiger partial charge in [0, 0.05) is 22.8 Å². The molecular formula is C12H11BrN2O. The van der Waals surface area contributed by atoms with Crippen molar-refractivity contribution >= 4 is 15.9 Å². The highest BCUT2D eigenvalue weighted by molar-refractivity contribution is 9.10. The van der Waals surface area contributed by atoms with Crippen molar-refractivity contribution in [3.63, 3.8) is 0 Å². The fourth-order valence-electron chi connectivity index (χ4n) is 1.49. The van der Waals surface area contributed by atoms with E-state index in [-0.39, 0.29) is 12.1 Å². The average Bonchev–Trinajstić information content (AvgIpc) is 2.31. The molecule has 3 nitrogen and oxygen atoms in total. The van der Waals surface area contributed by atoms with Gasteiger partial charge in [0.15, 0.2) is 0 Å². The summed E-state index contributed by atoms with van der Waals surface area (Å²) in [6.45, 7) is 0.250. The first-order chi connectivity index (χ1) is 7.70. The number of aromatic nitrogens is 1. The standard InChI is InChI=1S/C12H11BrN2O/c13-11-3-1-8(2-4-11)10-5-9(6-14)12(16)15-7-10/h1-5,7H,6,14H2,(H,15,16). The highest BCUT2D eigenvalue weighted by Gasteiger charge is 2.02. The molecule has 0 bridgehead atoms. The predicted molar refractivity (Wildman–Crippen MR) is 68.1 cm³/mol. The van der Waals surface area contributed by atoms with Gasteiger partial charge in [-0.2, -0.15) is 0 Å². The number of H-pyrrole nitrogens is 1. The number of benzene rings is 1. The minimum Gasteiger partial charge on any atom is -0.328 e. The van der Waals surface area contributed by atoms with Crippen LogP contribution in [-0.4, -0.2) is 4.98 Å². The van der Waals surface area contributed by atoms with Crippen LogP contribution in [0.3, 0.4) is 0 Å². The molecule has 4 heteroatoms. The van der Waals surface area contributed by atoms with Crippen molar-refractivity contribution in [1.29, 1.82) is 0 Å². The van der Waals surface area contributed by atoms with Crippen molar-refractivity contribution in [2.45, 2.75) is 6.54 Å².